The van der Waals surface area contributed by atoms with Gasteiger partial charge in [-0.05, 0) is 60.0 Å². The van der Waals surface area contributed by atoms with E-state index in [-0.39, 0.29) is 11.6 Å². The zero-order valence-corrected chi connectivity index (χ0v) is 11.2. The predicted molar refractivity (Wildman–Crippen MR) is 77.6 cm³/mol. The van der Waals surface area contributed by atoms with Crippen LogP contribution in [0.4, 0.5) is 8.78 Å². The van der Waals surface area contributed by atoms with Gasteiger partial charge in [-0.25, -0.2) is 8.78 Å². The molecular weight excluding hydrogens is 256 g/mol. The Morgan fingerprint density at radius 3 is 2.35 bits per heavy atom. The third kappa shape index (κ3) is 2.20. The van der Waals surface area contributed by atoms with Crippen LogP contribution in [-0.4, -0.2) is 4.98 Å². The summed E-state index contributed by atoms with van der Waals surface area (Å²) in [7, 11) is 0. The van der Waals surface area contributed by atoms with Gasteiger partial charge >= 0.3 is 0 Å². The number of aromatic nitrogens is 1. The quantitative estimate of drug-likeness (QED) is 0.685. The maximum absolute atomic E-state index is 13.5. The number of benzene rings is 2. The van der Waals surface area contributed by atoms with E-state index in [1.54, 1.807) is 24.3 Å². The number of fused-ring (bicyclic) bond motifs is 1. The molecule has 0 radical (unpaired) electrons. The van der Waals surface area contributed by atoms with E-state index in [4.69, 9.17) is 0 Å². The van der Waals surface area contributed by atoms with Crippen molar-refractivity contribution in [3.05, 3.63) is 59.7 Å². The van der Waals surface area contributed by atoms with Crippen molar-refractivity contribution in [2.45, 2.75) is 19.8 Å². The van der Waals surface area contributed by atoms with Crippen molar-refractivity contribution in [1.82, 2.24) is 4.98 Å². The Bertz CT molecular complexity index is 742. The number of nitrogens with one attached hydrogen (secondary N) is 1. The number of aryl methyl sites for hydroxylation is 1. The summed E-state index contributed by atoms with van der Waals surface area (Å²) in [5, 5.41) is 0.908. The van der Waals surface area contributed by atoms with Crippen molar-refractivity contribution < 1.29 is 8.78 Å². The molecule has 0 unspecified atom stereocenters. The van der Waals surface area contributed by atoms with Crippen LogP contribution in [0.15, 0.2) is 42.5 Å². The highest BCUT2D eigenvalue weighted by atomic mass is 19.1. The summed E-state index contributed by atoms with van der Waals surface area (Å²) >= 11 is 0. The van der Waals surface area contributed by atoms with Gasteiger partial charge in [-0.1, -0.05) is 13.3 Å². The monoisotopic (exact) mass is 271 g/mol. The molecular formula is C17H15F2N. The van der Waals surface area contributed by atoms with E-state index < -0.39 is 0 Å². The zero-order valence-electron chi connectivity index (χ0n) is 11.2. The lowest BCUT2D eigenvalue weighted by Gasteiger charge is -2.04. The third-order valence-electron chi connectivity index (χ3n) is 3.50. The summed E-state index contributed by atoms with van der Waals surface area (Å²) in [4.78, 5) is 3.32. The first kappa shape index (κ1) is 12.9. The topological polar surface area (TPSA) is 15.8 Å². The molecule has 0 saturated carbocycles. The van der Waals surface area contributed by atoms with E-state index in [9.17, 15) is 8.78 Å². The summed E-state index contributed by atoms with van der Waals surface area (Å²) < 4.78 is 26.5. The number of hydrogen-bond donors (Lipinski definition) is 1. The van der Waals surface area contributed by atoms with Gasteiger partial charge in [0, 0.05) is 16.6 Å². The minimum absolute atomic E-state index is 0.237. The SMILES string of the molecule is CCCc1c(-c2ccc(F)cc2)[nH]c2ccc(F)cc12. The fourth-order valence-electron chi connectivity index (χ4n) is 2.59. The molecule has 0 saturated heterocycles. The molecule has 0 fully saturated rings. The largest absolute Gasteiger partial charge is 0.354 e. The summed E-state index contributed by atoms with van der Waals surface area (Å²) in [5.74, 6) is -0.493. The van der Waals surface area contributed by atoms with Crippen LogP contribution in [-0.2, 0) is 6.42 Å². The average molecular weight is 271 g/mol. The number of hydrogen-bond acceptors (Lipinski definition) is 0. The van der Waals surface area contributed by atoms with E-state index >= 15 is 0 Å². The average Bonchev–Trinajstić information content (AvgIpc) is 2.79. The van der Waals surface area contributed by atoms with Gasteiger partial charge in [0.05, 0.1) is 0 Å². The number of aromatic amines is 1. The van der Waals surface area contributed by atoms with Gasteiger partial charge in [-0.15, -0.1) is 0 Å². The van der Waals surface area contributed by atoms with Gasteiger partial charge in [0.2, 0.25) is 0 Å². The molecule has 0 aliphatic rings. The van der Waals surface area contributed by atoms with Crippen LogP contribution in [0.5, 0.6) is 0 Å². The van der Waals surface area contributed by atoms with Crippen LogP contribution in [0.3, 0.4) is 0 Å². The van der Waals surface area contributed by atoms with Crippen LogP contribution in [0.1, 0.15) is 18.9 Å². The fourth-order valence-corrected chi connectivity index (χ4v) is 2.59. The molecule has 20 heavy (non-hydrogen) atoms. The van der Waals surface area contributed by atoms with Gasteiger partial charge in [0.15, 0.2) is 0 Å². The van der Waals surface area contributed by atoms with Gasteiger partial charge in [0.1, 0.15) is 11.6 Å². The molecule has 0 amide bonds. The molecule has 0 aliphatic carbocycles. The Balaban J connectivity index is 2.23. The molecule has 3 aromatic rings. The van der Waals surface area contributed by atoms with Crippen molar-refractivity contribution in [3.63, 3.8) is 0 Å². The van der Waals surface area contributed by atoms with E-state index in [1.807, 2.05) is 0 Å². The Hall–Kier alpha value is -2.16. The number of halogens is 2. The third-order valence-corrected chi connectivity index (χ3v) is 3.50. The van der Waals surface area contributed by atoms with E-state index in [0.29, 0.717) is 0 Å². The lowest BCUT2D eigenvalue weighted by Crippen LogP contribution is -1.87. The molecule has 0 atom stereocenters. The molecule has 1 heterocycles. The second-order valence-corrected chi connectivity index (χ2v) is 4.93. The van der Waals surface area contributed by atoms with Crippen molar-refractivity contribution >= 4 is 10.9 Å². The van der Waals surface area contributed by atoms with Crippen molar-refractivity contribution in [3.8, 4) is 11.3 Å². The summed E-state index contributed by atoms with van der Waals surface area (Å²) in [6.45, 7) is 2.09. The van der Waals surface area contributed by atoms with Crippen LogP contribution in [0, 0.1) is 11.6 Å². The normalized spacial score (nSPS) is 11.2. The first-order valence-corrected chi connectivity index (χ1v) is 6.75. The molecule has 0 bridgehead atoms. The van der Waals surface area contributed by atoms with Gasteiger partial charge in [-0.2, -0.15) is 0 Å². The highest BCUT2D eigenvalue weighted by molar-refractivity contribution is 5.90. The molecule has 2 aromatic carbocycles. The highest BCUT2D eigenvalue weighted by Crippen LogP contribution is 2.31. The van der Waals surface area contributed by atoms with Gasteiger partial charge in [-0.3, -0.25) is 0 Å². The summed E-state index contributed by atoms with van der Waals surface area (Å²) in [6, 6.07) is 11.1. The molecule has 102 valence electrons. The van der Waals surface area contributed by atoms with E-state index in [2.05, 4.69) is 11.9 Å². The Morgan fingerprint density at radius 1 is 0.950 bits per heavy atom. The number of rotatable bonds is 3. The molecule has 3 heteroatoms. The Kier molecular flexibility index (Phi) is 3.26. The van der Waals surface area contributed by atoms with Gasteiger partial charge in [0.25, 0.3) is 0 Å². The molecule has 1 aromatic heterocycles. The first-order chi connectivity index (χ1) is 9.69. The predicted octanol–water partition coefficient (Wildman–Crippen LogP) is 5.07. The van der Waals surface area contributed by atoms with Crippen molar-refractivity contribution in [1.29, 1.82) is 0 Å². The van der Waals surface area contributed by atoms with Crippen LogP contribution in [0.2, 0.25) is 0 Å². The second kappa shape index (κ2) is 5.08. The molecule has 1 N–H and O–H groups in total. The smallest absolute Gasteiger partial charge is 0.123 e. The maximum atomic E-state index is 13.5. The first-order valence-electron chi connectivity index (χ1n) is 6.75. The standard InChI is InChI=1S/C17H15F2N/c1-2-3-14-15-10-13(19)8-9-16(15)20-17(14)11-4-6-12(18)7-5-11/h4-10,20H,2-3H2,1H3. The van der Waals surface area contributed by atoms with Crippen molar-refractivity contribution in [2.75, 3.05) is 0 Å². The highest BCUT2D eigenvalue weighted by Gasteiger charge is 2.13. The molecule has 0 aliphatic heterocycles. The van der Waals surface area contributed by atoms with Crippen LogP contribution in [0.25, 0.3) is 22.2 Å². The Labute approximate surface area is 116 Å². The maximum Gasteiger partial charge on any atom is 0.123 e. The number of H-pyrrole nitrogens is 1. The minimum Gasteiger partial charge on any atom is -0.354 e. The Morgan fingerprint density at radius 2 is 1.65 bits per heavy atom. The van der Waals surface area contributed by atoms with E-state index in [1.165, 1.54) is 18.2 Å². The minimum atomic E-state index is -0.257. The second-order valence-electron chi connectivity index (χ2n) is 4.93. The molecule has 0 spiro atoms. The molecule has 1 nitrogen and oxygen atoms in total. The van der Waals surface area contributed by atoms with Crippen molar-refractivity contribution in [2.24, 2.45) is 0 Å². The zero-order chi connectivity index (χ0) is 14.1. The van der Waals surface area contributed by atoms with Crippen LogP contribution < -0.4 is 0 Å². The lowest BCUT2D eigenvalue weighted by atomic mass is 10.0. The lowest BCUT2D eigenvalue weighted by molar-refractivity contribution is 0.628. The summed E-state index contributed by atoms with van der Waals surface area (Å²) in [5.41, 5.74) is 3.88. The van der Waals surface area contributed by atoms with Gasteiger partial charge < -0.3 is 4.98 Å². The fraction of sp³-hybridized carbons (Fsp3) is 0.176. The van der Waals surface area contributed by atoms with E-state index in [0.717, 1.165) is 40.6 Å². The molecule has 3 rings (SSSR count). The summed E-state index contributed by atoms with van der Waals surface area (Å²) in [6.07, 6.45) is 1.83. The van der Waals surface area contributed by atoms with Crippen LogP contribution >= 0.6 is 0 Å².